The van der Waals surface area contributed by atoms with E-state index in [2.05, 4.69) is 9.88 Å². The standard InChI is InChI=1S/C19H21FN4OS/c1-23-11-8-21-18(23)17(25)14-6-9-24(10-7-14)19-22-16(12-26-19)13-2-4-15(20)5-3-13/h2-5,8,11-12,14,17,25H,6-7,9-10H2,1H3. The van der Waals surface area contributed by atoms with Gasteiger partial charge in [-0.25, -0.2) is 14.4 Å². The Morgan fingerprint density at radius 3 is 2.62 bits per heavy atom. The van der Waals surface area contributed by atoms with Crippen molar-refractivity contribution < 1.29 is 9.50 Å². The van der Waals surface area contributed by atoms with Gasteiger partial charge in [0, 0.05) is 43.5 Å². The summed E-state index contributed by atoms with van der Waals surface area (Å²) in [5, 5.41) is 13.6. The fraction of sp³-hybridized carbons (Fsp3) is 0.368. The number of hydrogen-bond acceptors (Lipinski definition) is 5. The third-order valence-corrected chi connectivity index (χ3v) is 5.91. The van der Waals surface area contributed by atoms with Crippen molar-refractivity contribution in [1.29, 1.82) is 0 Å². The van der Waals surface area contributed by atoms with Crippen LogP contribution in [0.25, 0.3) is 11.3 Å². The summed E-state index contributed by atoms with van der Waals surface area (Å²) in [5.41, 5.74) is 1.80. The summed E-state index contributed by atoms with van der Waals surface area (Å²) >= 11 is 1.61. The molecule has 1 fully saturated rings. The van der Waals surface area contributed by atoms with Crippen LogP contribution in [-0.2, 0) is 7.05 Å². The number of rotatable bonds is 4. The average molecular weight is 372 g/mol. The van der Waals surface area contributed by atoms with E-state index in [0.717, 1.165) is 48.1 Å². The molecule has 0 radical (unpaired) electrons. The van der Waals surface area contributed by atoms with Crippen LogP contribution >= 0.6 is 11.3 Å². The molecule has 0 amide bonds. The second kappa shape index (κ2) is 7.17. The predicted octanol–water partition coefficient (Wildman–Crippen LogP) is 3.63. The number of aromatic nitrogens is 3. The number of thiazole rings is 1. The van der Waals surface area contributed by atoms with Gasteiger partial charge in [-0.15, -0.1) is 11.3 Å². The largest absolute Gasteiger partial charge is 0.385 e. The van der Waals surface area contributed by atoms with Gasteiger partial charge in [-0.3, -0.25) is 0 Å². The number of hydrogen-bond donors (Lipinski definition) is 1. The molecule has 0 spiro atoms. The molecule has 0 saturated carbocycles. The summed E-state index contributed by atoms with van der Waals surface area (Å²) in [7, 11) is 1.91. The number of anilines is 1. The van der Waals surface area contributed by atoms with Crippen molar-refractivity contribution in [1.82, 2.24) is 14.5 Å². The topological polar surface area (TPSA) is 54.2 Å². The summed E-state index contributed by atoms with van der Waals surface area (Å²) in [6, 6.07) is 6.42. The van der Waals surface area contributed by atoms with E-state index in [1.165, 1.54) is 12.1 Å². The monoisotopic (exact) mass is 372 g/mol. The second-order valence-corrected chi connectivity index (χ2v) is 7.52. The van der Waals surface area contributed by atoms with Gasteiger partial charge in [0.05, 0.1) is 5.69 Å². The molecule has 7 heteroatoms. The normalized spacial score (nSPS) is 16.8. The molecule has 26 heavy (non-hydrogen) atoms. The Bertz CT molecular complexity index is 868. The molecule has 5 nitrogen and oxygen atoms in total. The van der Waals surface area contributed by atoms with E-state index in [-0.39, 0.29) is 11.7 Å². The molecule has 1 atom stereocenters. The highest BCUT2D eigenvalue weighted by Gasteiger charge is 2.29. The first-order valence-corrected chi connectivity index (χ1v) is 9.61. The molecule has 1 aromatic carbocycles. The fourth-order valence-corrected chi connectivity index (χ4v) is 4.33. The van der Waals surface area contributed by atoms with Crippen molar-refractivity contribution in [3.05, 3.63) is 53.7 Å². The maximum absolute atomic E-state index is 13.1. The van der Waals surface area contributed by atoms with Gasteiger partial charge in [0.25, 0.3) is 0 Å². The summed E-state index contributed by atoms with van der Waals surface area (Å²) < 4.78 is 15.0. The van der Waals surface area contributed by atoms with Crippen LogP contribution in [-0.4, -0.2) is 32.7 Å². The van der Waals surface area contributed by atoms with E-state index >= 15 is 0 Å². The molecule has 1 unspecified atom stereocenters. The molecule has 1 aliphatic heterocycles. The maximum atomic E-state index is 13.1. The van der Waals surface area contributed by atoms with Crippen molar-refractivity contribution in [2.24, 2.45) is 13.0 Å². The zero-order valence-electron chi connectivity index (χ0n) is 14.5. The van der Waals surface area contributed by atoms with Crippen LogP contribution in [0.15, 0.2) is 42.0 Å². The number of piperidine rings is 1. The highest BCUT2D eigenvalue weighted by atomic mass is 32.1. The minimum Gasteiger partial charge on any atom is -0.385 e. The van der Waals surface area contributed by atoms with Crippen molar-refractivity contribution in [3.63, 3.8) is 0 Å². The first-order chi connectivity index (χ1) is 12.6. The van der Waals surface area contributed by atoms with Crippen LogP contribution in [0.4, 0.5) is 9.52 Å². The van der Waals surface area contributed by atoms with Gasteiger partial charge in [-0.05, 0) is 43.0 Å². The molecule has 1 aliphatic rings. The lowest BCUT2D eigenvalue weighted by Crippen LogP contribution is -2.36. The molecule has 0 aliphatic carbocycles. The van der Waals surface area contributed by atoms with E-state index in [1.54, 1.807) is 29.7 Å². The van der Waals surface area contributed by atoms with Gasteiger partial charge in [-0.2, -0.15) is 0 Å². The number of aliphatic hydroxyl groups is 1. The Morgan fingerprint density at radius 1 is 1.23 bits per heavy atom. The van der Waals surface area contributed by atoms with Crippen molar-refractivity contribution in [3.8, 4) is 11.3 Å². The maximum Gasteiger partial charge on any atom is 0.185 e. The lowest BCUT2D eigenvalue weighted by molar-refractivity contribution is 0.0825. The number of benzene rings is 1. The smallest absolute Gasteiger partial charge is 0.185 e. The molecule has 1 saturated heterocycles. The highest BCUT2D eigenvalue weighted by Crippen LogP contribution is 2.34. The average Bonchev–Trinajstić information content (AvgIpc) is 3.31. The Labute approximate surface area is 155 Å². The number of halogens is 1. The molecule has 1 N–H and O–H groups in total. The van der Waals surface area contributed by atoms with Crippen LogP contribution < -0.4 is 4.90 Å². The Kier molecular flexibility index (Phi) is 4.74. The molecule has 0 bridgehead atoms. The zero-order chi connectivity index (χ0) is 18.1. The second-order valence-electron chi connectivity index (χ2n) is 6.69. The van der Waals surface area contributed by atoms with Gasteiger partial charge < -0.3 is 14.6 Å². The molecular formula is C19H21FN4OS. The summed E-state index contributed by atoms with van der Waals surface area (Å²) in [6.07, 6.45) is 4.86. The van der Waals surface area contributed by atoms with Gasteiger partial charge in [-0.1, -0.05) is 0 Å². The molecule has 136 valence electrons. The zero-order valence-corrected chi connectivity index (χ0v) is 15.4. The van der Waals surface area contributed by atoms with Crippen molar-refractivity contribution in [2.75, 3.05) is 18.0 Å². The van der Waals surface area contributed by atoms with Crippen LogP contribution in [0.3, 0.4) is 0 Å². The lowest BCUT2D eigenvalue weighted by Gasteiger charge is -2.33. The molecule has 3 heterocycles. The van der Waals surface area contributed by atoms with Gasteiger partial charge in [0.15, 0.2) is 5.13 Å². The van der Waals surface area contributed by atoms with Gasteiger partial charge in [0.1, 0.15) is 17.7 Å². The molecule has 2 aromatic heterocycles. The predicted molar refractivity (Wildman–Crippen MR) is 101 cm³/mol. The number of aryl methyl sites for hydroxylation is 1. The van der Waals surface area contributed by atoms with Crippen molar-refractivity contribution >= 4 is 16.5 Å². The third-order valence-electron chi connectivity index (χ3n) is 5.01. The number of aliphatic hydroxyl groups excluding tert-OH is 1. The van der Waals surface area contributed by atoms with E-state index in [9.17, 15) is 9.50 Å². The Balaban J connectivity index is 1.41. The number of imidazole rings is 1. The van der Waals surface area contributed by atoms with Crippen LogP contribution in [0.1, 0.15) is 24.8 Å². The fourth-order valence-electron chi connectivity index (χ4n) is 3.44. The van der Waals surface area contributed by atoms with E-state index in [4.69, 9.17) is 4.98 Å². The van der Waals surface area contributed by atoms with Gasteiger partial charge in [0.2, 0.25) is 0 Å². The Hall–Kier alpha value is -2.25. The first kappa shape index (κ1) is 17.2. The van der Waals surface area contributed by atoms with E-state index in [1.807, 2.05) is 23.2 Å². The van der Waals surface area contributed by atoms with Crippen LogP contribution in [0, 0.1) is 11.7 Å². The van der Waals surface area contributed by atoms with E-state index < -0.39 is 6.10 Å². The van der Waals surface area contributed by atoms with E-state index in [0.29, 0.717) is 0 Å². The van der Waals surface area contributed by atoms with Crippen LogP contribution in [0.2, 0.25) is 0 Å². The van der Waals surface area contributed by atoms with Gasteiger partial charge >= 0.3 is 0 Å². The first-order valence-electron chi connectivity index (χ1n) is 8.73. The highest BCUT2D eigenvalue weighted by molar-refractivity contribution is 7.14. The minimum atomic E-state index is -0.525. The molecule has 3 aromatic rings. The number of nitrogens with zero attached hydrogens (tertiary/aromatic N) is 4. The summed E-state index contributed by atoms with van der Waals surface area (Å²) in [4.78, 5) is 11.2. The quantitative estimate of drug-likeness (QED) is 0.760. The summed E-state index contributed by atoms with van der Waals surface area (Å²) in [5.74, 6) is 0.706. The lowest BCUT2D eigenvalue weighted by atomic mass is 9.91. The molecule has 4 rings (SSSR count). The Morgan fingerprint density at radius 2 is 1.96 bits per heavy atom. The minimum absolute atomic E-state index is 0.212. The SMILES string of the molecule is Cn1ccnc1C(O)C1CCN(c2nc(-c3ccc(F)cc3)cs2)CC1. The van der Waals surface area contributed by atoms with Crippen molar-refractivity contribution in [2.45, 2.75) is 18.9 Å². The third kappa shape index (κ3) is 3.37. The molecular weight excluding hydrogens is 351 g/mol. The van der Waals surface area contributed by atoms with Crippen LogP contribution in [0.5, 0.6) is 0 Å². The summed E-state index contributed by atoms with van der Waals surface area (Å²) in [6.45, 7) is 1.73.